The molecule has 0 amide bonds. The molecule has 0 bridgehead atoms. The molecule has 0 unspecified atom stereocenters. The third-order valence-corrected chi connectivity index (χ3v) is 2.21. The number of rotatable bonds is 1. The van der Waals surface area contributed by atoms with Gasteiger partial charge < -0.3 is 15.6 Å². The Bertz CT molecular complexity index is 463. The molecule has 0 saturated carbocycles. The number of esters is 1. The molecule has 0 saturated heterocycles. The number of aromatic nitrogens is 2. The van der Waals surface area contributed by atoms with Crippen LogP contribution >= 0.6 is 24.0 Å². The molecule has 0 spiro atoms. The topological polar surface area (TPSA) is 133 Å². The zero-order valence-electron chi connectivity index (χ0n) is 16.1. The van der Waals surface area contributed by atoms with E-state index in [4.69, 9.17) is 10.8 Å². The van der Waals surface area contributed by atoms with Crippen LogP contribution in [0.4, 0.5) is 0 Å². The third kappa shape index (κ3) is 24.4. The molecular formula is C17H39IN4O4W2. The molecule has 170 valence electrons. The van der Waals surface area contributed by atoms with Crippen LogP contribution in [0, 0.1) is 10.8 Å². The van der Waals surface area contributed by atoms with Crippen molar-refractivity contribution in [1.82, 2.24) is 9.55 Å². The molecule has 8 nitrogen and oxygen atoms in total. The number of imidazole rings is 1. The number of halogens is 1. The fourth-order valence-electron chi connectivity index (χ4n) is 1.06. The van der Waals surface area contributed by atoms with E-state index in [2.05, 4.69) is 15.5 Å². The molecule has 0 aromatic carbocycles. The van der Waals surface area contributed by atoms with Gasteiger partial charge in [0.1, 0.15) is 13.1 Å². The number of hydrogen-bond acceptors (Lipinski definition) is 7. The van der Waals surface area contributed by atoms with Crippen LogP contribution in [0.3, 0.4) is 0 Å². The Hall–Kier alpha value is 0.337. The summed E-state index contributed by atoms with van der Waals surface area (Å²) >= 11 is 0. The first-order valence-electron chi connectivity index (χ1n) is 7.12. The normalized spacial score (nSPS) is 8.75. The fourth-order valence-corrected chi connectivity index (χ4v) is 1.06. The van der Waals surface area contributed by atoms with Gasteiger partial charge in [-0.1, -0.05) is 35.6 Å². The van der Waals surface area contributed by atoms with Crippen LogP contribution in [0.15, 0.2) is 18.7 Å². The fraction of sp³-hybridized carbons (Fsp3) is 0.706. The molecule has 1 heterocycles. The summed E-state index contributed by atoms with van der Waals surface area (Å²) in [5.74, 6) is -0.194. The van der Waals surface area contributed by atoms with Gasteiger partial charge in [0, 0.05) is 59.9 Å². The summed E-state index contributed by atoms with van der Waals surface area (Å²) in [7, 11) is 0. The molecule has 0 radical (unpaired) electrons. The largest absolute Gasteiger partial charge is 0.450 e. The van der Waals surface area contributed by atoms with Crippen molar-refractivity contribution in [1.29, 1.82) is 0 Å². The summed E-state index contributed by atoms with van der Waals surface area (Å²) in [5, 5.41) is 7.35. The van der Waals surface area contributed by atoms with Gasteiger partial charge in [-0.3, -0.25) is 19.9 Å². The summed E-state index contributed by atoms with van der Waals surface area (Å²) in [6.45, 7) is 10.7. The molecule has 0 atom stereocenters. The molecule has 1 rings (SSSR count). The second-order valence-corrected chi connectivity index (χ2v) is 6.56. The second kappa shape index (κ2) is 23.6. The van der Waals surface area contributed by atoms with Crippen LogP contribution < -0.4 is 11.5 Å². The Balaban J connectivity index is -0.0000000482. The molecular weight excluding hydrogens is 819 g/mol. The molecule has 1 aromatic rings. The summed E-state index contributed by atoms with van der Waals surface area (Å²) < 4.78 is 6.05. The predicted molar refractivity (Wildman–Crippen MR) is 117 cm³/mol. The van der Waals surface area contributed by atoms with E-state index in [1.54, 1.807) is 33.2 Å². The quantitative estimate of drug-likeness (QED) is 0.225. The van der Waals surface area contributed by atoms with E-state index in [0.29, 0.717) is 0 Å². The standard InChI is InChI=1S/C8H12N2O.C6H13NO2.CH5NO.2CH4.HI.2W/c1-8(2,3)7(11)10-5-4-9-6-10;1-6(2,3)5(8)9-4-7;2-1-3;;;;;/h4-6H,1-3H3;4,7H2,1-3H3;3H,1-2H2;2*1H4;1H;;. The molecule has 0 aliphatic rings. The van der Waals surface area contributed by atoms with E-state index in [1.165, 1.54) is 10.9 Å². The summed E-state index contributed by atoms with van der Waals surface area (Å²) in [4.78, 5) is 26.0. The average Bonchev–Trinajstić information content (AvgIpc) is 2.91. The maximum absolute atomic E-state index is 11.5. The molecule has 5 N–H and O–H groups in total. The van der Waals surface area contributed by atoms with Crippen molar-refractivity contribution in [3.8, 4) is 0 Å². The summed E-state index contributed by atoms with van der Waals surface area (Å²) in [6, 6.07) is 0. The smallest absolute Gasteiger partial charge is 0.312 e. The Morgan fingerprint density at radius 1 is 1.04 bits per heavy atom. The number of carbonyl (C=O) groups is 2. The van der Waals surface area contributed by atoms with Gasteiger partial charge in [0.25, 0.3) is 0 Å². The van der Waals surface area contributed by atoms with Gasteiger partial charge in [-0.2, -0.15) is 0 Å². The zero-order valence-corrected chi connectivity index (χ0v) is 24.3. The van der Waals surface area contributed by atoms with E-state index in [0.717, 1.165) is 0 Å². The van der Waals surface area contributed by atoms with Crippen LogP contribution in [0.1, 0.15) is 61.2 Å². The molecule has 0 fully saturated rings. The number of aliphatic hydroxyl groups excluding tert-OH is 1. The number of nitrogens with zero attached hydrogens (tertiary/aromatic N) is 2. The number of aliphatic hydroxyl groups is 1. The monoisotopic (exact) mass is 858 g/mol. The first-order chi connectivity index (χ1) is 10.4. The van der Waals surface area contributed by atoms with Crippen molar-refractivity contribution in [2.45, 2.75) is 56.4 Å². The molecule has 1 aromatic heterocycles. The van der Waals surface area contributed by atoms with Crippen molar-refractivity contribution in [2.24, 2.45) is 22.3 Å². The van der Waals surface area contributed by atoms with Crippen molar-refractivity contribution in [2.75, 3.05) is 13.5 Å². The van der Waals surface area contributed by atoms with Gasteiger partial charge >= 0.3 is 5.97 Å². The average molecular weight is 858 g/mol. The first kappa shape index (κ1) is 46.5. The minimum absolute atomic E-state index is 0. The third-order valence-electron chi connectivity index (χ3n) is 2.21. The number of nitrogens with two attached hydrogens (primary N) is 2. The van der Waals surface area contributed by atoms with Crippen molar-refractivity contribution >= 4 is 35.9 Å². The Morgan fingerprint density at radius 3 is 1.61 bits per heavy atom. The van der Waals surface area contributed by atoms with Gasteiger partial charge in [0.05, 0.1) is 12.1 Å². The van der Waals surface area contributed by atoms with Gasteiger partial charge in [0.15, 0.2) is 0 Å². The molecule has 0 aliphatic heterocycles. The summed E-state index contributed by atoms with van der Waals surface area (Å²) in [5.41, 5.74) is 8.62. The van der Waals surface area contributed by atoms with Gasteiger partial charge in [-0.05, 0) is 20.8 Å². The Kier molecular flexibility index (Phi) is 39.2. The Morgan fingerprint density at radius 2 is 1.43 bits per heavy atom. The number of carbonyl (C=O) groups excluding carboxylic acids is 2. The van der Waals surface area contributed by atoms with E-state index in [1.807, 2.05) is 20.8 Å². The molecule has 0 aliphatic carbocycles. The van der Waals surface area contributed by atoms with Gasteiger partial charge in [-0.15, -0.1) is 24.0 Å². The zero-order chi connectivity index (χ0) is 18.7. The maximum Gasteiger partial charge on any atom is 0.312 e. The minimum Gasteiger partial charge on any atom is -0.450 e. The summed E-state index contributed by atoms with van der Waals surface area (Å²) in [6.07, 6.45) is 4.78. The van der Waals surface area contributed by atoms with Gasteiger partial charge in [0.2, 0.25) is 5.91 Å². The van der Waals surface area contributed by atoms with E-state index in [-0.39, 0.29) is 112 Å². The van der Waals surface area contributed by atoms with E-state index >= 15 is 0 Å². The molecule has 11 heteroatoms. The first-order valence-corrected chi connectivity index (χ1v) is 7.12. The van der Waals surface area contributed by atoms with Gasteiger partial charge in [-0.25, -0.2) is 4.98 Å². The van der Waals surface area contributed by atoms with Crippen molar-refractivity contribution in [3.05, 3.63) is 18.7 Å². The minimum atomic E-state index is -0.431. The van der Waals surface area contributed by atoms with Crippen molar-refractivity contribution in [3.63, 3.8) is 0 Å². The van der Waals surface area contributed by atoms with E-state index in [9.17, 15) is 9.59 Å². The second-order valence-electron chi connectivity index (χ2n) is 6.56. The van der Waals surface area contributed by atoms with E-state index < -0.39 is 5.41 Å². The number of ether oxygens (including phenoxy) is 1. The van der Waals surface area contributed by atoms with Crippen LogP contribution in [0.2, 0.25) is 0 Å². The van der Waals surface area contributed by atoms with Crippen LogP contribution in [0.25, 0.3) is 0 Å². The Labute approximate surface area is 216 Å². The van der Waals surface area contributed by atoms with Crippen LogP contribution in [-0.4, -0.2) is 40.0 Å². The number of hydrogen-bond donors (Lipinski definition) is 3. The maximum atomic E-state index is 11.5. The van der Waals surface area contributed by atoms with Crippen LogP contribution in [0.5, 0.6) is 0 Å². The SMILES string of the molecule is C.C.CC(C)(C)C(=O)OCN.CC(C)(C)C(=O)n1ccnc1.I.NCO.[W].[W]. The van der Waals surface area contributed by atoms with Crippen molar-refractivity contribution < 1.29 is 61.6 Å². The van der Waals surface area contributed by atoms with Crippen LogP contribution in [-0.2, 0) is 51.7 Å². The molecule has 28 heavy (non-hydrogen) atoms. The predicted octanol–water partition coefficient (Wildman–Crippen LogP) is 2.84.